The SMILES string of the molecule is O=[N+]([O-])c1ccccc1N/N=C\c1cc(Br)ccc1OC(F)F. The number of alkyl halides is 2. The van der Waals surface area contributed by atoms with Crippen LogP contribution < -0.4 is 10.2 Å². The van der Waals surface area contributed by atoms with Crippen molar-refractivity contribution in [2.75, 3.05) is 5.43 Å². The Hall–Kier alpha value is -2.55. The van der Waals surface area contributed by atoms with Gasteiger partial charge in [-0.3, -0.25) is 15.5 Å². The van der Waals surface area contributed by atoms with Crippen LogP contribution in [0.15, 0.2) is 52.0 Å². The zero-order chi connectivity index (χ0) is 16.8. The minimum absolute atomic E-state index is 0.0590. The first-order valence-corrected chi connectivity index (χ1v) is 7.03. The number of halogens is 3. The first kappa shape index (κ1) is 16.8. The number of nitrogens with one attached hydrogen (secondary N) is 1. The van der Waals surface area contributed by atoms with Gasteiger partial charge in [0.15, 0.2) is 0 Å². The molecule has 120 valence electrons. The van der Waals surface area contributed by atoms with E-state index in [-0.39, 0.29) is 22.7 Å². The molecule has 23 heavy (non-hydrogen) atoms. The minimum Gasteiger partial charge on any atom is -0.434 e. The van der Waals surface area contributed by atoms with Crippen LogP contribution in [0.5, 0.6) is 5.75 Å². The Morgan fingerprint density at radius 1 is 1.30 bits per heavy atom. The summed E-state index contributed by atoms with van der Waals surface area (Å²) >= 11 is 3.22. The van der Waals surface area contributed by atoms with Crippen molar-refractivity contribution < 1.29 is 18.4 Å². The van der Waals surface area contributed by atoms with Crippen LogP contribution in [0.1, 0.15) is 5.56 Å². The van der Waals surface area contributed by atoms with Crippen molar-refractivity contribution in [1.82, 2.24) is 0 Å². The van der Waals surface area contributed by atoms with Crippen LogP contribution in [0.25, 0.3) is 0 Å². The highest BCUT2D eigenvalue weighted by Crippen LogP contribution is 2.25. The van der Waals surface area contributed by atoms with Gasteiger partial charge in [0.1, 0.15) is 11.4 Å². The molecule has 0 aromatic heterocycles. The maximum absolute atomic E-state index is 12.4. The van der Waals surface area contributed by atoms with E-state index in [0.717, 1.165) is 0 Å². The zero-order valence-corrected chi connectivity index (χ0v) is 13.0. The predicted molar refractivity (Wildman–Crippen MR) is 85.1 cm³/mol. The van der Waals surface area contributed by atoms with Crippen molar-refractivity contribution in [3.8, 4) is 5.75 Å². The molecule has 0 aliphatic carbocycles. The molecule has 0 bridgehead atoms. The Kier molecular flexibility index (Phi) is 5.58. The summed E-state index contributed by atoms with van der Waals surface area (Å²) in [6, 6.07) is 10.4. The normalized spacial score (nSPS) is 11.0. The van der Waals surface area contributed by atoms with Crippen LogP contribution in [0, 0.1) is 10.1 Å². The number of rotatable bonds is 6. The maximum atomic E-state index is 12.4. The molecule has 9 heteroatoms. The van der Waals surface area contributed by atoms with Crippen LogP contribution in [0.4, 0.5) is 20.2 Å². The minimum atomic E-state index is -2.97. The van der Waals surface area contributed by atoms with Gasteiger partial charge in [0.25, 0.3) is 5.69 Å². The van der Waals surface area contributed by atoms with Gasteiger partial charge in [0, 0.05) is 16.1 Å². The summed E-state index contributed by atoms with van der Waals surface area (Å²) in [7, 11) is 0. The summed E-state index contributed by atoms with van der Waals surface area (Å²) in [5.74, 6) is -0.0590. The average Bonchev–Trinajstić information content (AvgIpc) is 2.50. The number of benzene rings is 2. The van der Waals surface area contributed by atoms with E-state index in [9.17, 15) is 18.9 Å². The number of nitro groups is 1. The van der Waals surface area contributed by atoms with Gasteiger partial charge in [0.2, 0.25) is 0 Å². The monoisotopic (exact) mass is 385 g/mol. The van der Waals surface area contributed by atoms with Crippen molar-refractivity contribution in [1.29, 1.82) is 0 Å². The van der Waals surface area contributed by atoms with Gasteiger partial charge in [-0.15, -0.1) is 0 Å². The second-order valence-electron chi connectivity index (χ2n) is 4.20. The standard InChI is InChI=1S/C14H10BrF2N3O3/c15-10-5-6-13(23-14(16)17)9(7-10)8-18-19-11-3-1-2-4-12(11)20(21)22/h1-8,14,19H/b18-8-. The van der Waals surface area contributed by atoms with Gasteiger partial charge in [-0.2, -0.15) is 13.9 Å². The molecule has 2 rings (SSSR count). The van der Waals surface area contributed by atoms with E-state index in [4.69, 9.17) is 0 Å². The average molecular weight is 386 g/mol. The Bertz CT molecular complexity index is 741. The molecule has 0 saturated heterocycles. The third-order valence-electron chi connectivity index (χ3n) is 2.68. The summed E-state index contributed by atoms with van der Waals surface area (Å²) in [5, 5.41) is 14.7. The number of nitro benzene ring substituents is 1. The number of ether oxygens (including phenoxy) is 1. The first-order valence-electron chi connectivity index (χ1n) is 6.24. The van der Waals surface area contributed by atoms with E-state index in [0.29, 0.717) is 4.47 Å². The molecule has 0 unspecified atom stereocenters. The third-order valence-corrected chi connectivity index (χ3v) is 3.17. The predicted octanol–water partition coefficient (Wildman–Crippen LogP) is 4.40. The van der Waals surface area contributed by atoms with Crippen molar-refractivity contribution in [3.63, 3.8) is 0 Å². The third kappa shape index (κ3) is 4.71. The molecule has 1 N–H and O–H groups in total. The Morgan fingerprint density at radius 3 is 2.74 bits per heavy atom. The molecular weight excluding hydrogens is 376 g/mol. The number of anilines is 1. The van der Waals surface area contributed by atoms with E-state index in [1.54, 1.807) is 12.1 Å². The van der Waals surface area contributed by atoms with E-state index >= 15 is 0 Å². The molecule has 0 fully saturated rings. The Balaban J connectivity index is 2.21. The molecule has 0 saturated carbocycles. The fourth-order valence-corrected chi connectivity index (χ4v) is 2.10. The fraction of sp³-hybridized carbons (Fsp3) is 0.0714. The van der Waals surface area contributed by atoms with Crippen molar-refractivity contribution in [2.24, 2.45) is 5.10 Å². The molecule has 6 nitrogen and oxygen atoms in total. The smallest absolute Gasteiger partial charge is 0.387 e. The lowest BCUT2D eigenvalue weighted by molar-refractivity contribution is -0.384. The molecular formula is C14H10BrF2N3O3. The summed E-state index contributed by atoms with van der Waals surface area (Å²) in [6.07, 6.45) is 1.24. The van der Waals surface area contributed by atoms with E-state index < -0.39 is 11.5 Å². The first-order chi connectivity index (χ1) is 11.0. The second kappa shape index (κ2) is 7.63. The molecule has 0 heterocycles. The lowest BCUT2D eigenvalue weighted by atomic mass is 10.2. The molecule has 0 spiro atoms. The van der Waals surface area contributed by atoms with E-state index in [2.05, 4.69) is 31.2 Å². The summed E-state index contributed by atoms with van der Waals surface area (Å²) in [5.41, 5.74) is 2.83. The van der Waals surface area contributed by atoms with Gasteiger partial charge in [-0.1, -0.05) is 28.1 Å². The Labute approximate surface area is 138 Å². The summed E-state index contributed by atoms with van der Waals surface area (Å²) in [4.78, 5) is 10.3. The van der Waals surface area contributed by atoms with Crippen molar-refractivity contribution >= 4 is 33.5 Å². The Morgan fingerprint density at radius 2 is 2.04 bits per heavy atom. The van der Waals surface area contributed by atoms with Crippen LogP contribution in [-0.2, 0) is 0 Å². The highest BCUT2D eigenvalue weighted by Gasteiger charge is 2.12. The lowest BCUT2D eigenvalue weighted by Crippen LogP contribution is -2.04. The van der Waals surface area contributed by atoms with Crippen LogP contribution >= 0.6 is 15.9 Å². The highest BCUT2D eigenvalue weighted by molar-refractivity contribution is 9.10. The largest absolute Gasteiger partial charge is 0.434 e. The molecule has 2 aromatic rings. The zero-order valence-electron chi connectivity index (χ0n) is 11.4. The molecule has 0 amide bonds. The van der Waals surface area contributed by atoms with Crippen LogP contribution in [0.3, 0.4) is 0 Å². The van der Waals surface area contributed by atoms with Gasteiger partial charge < -0.3 is 4.74 Å². The van der Waals surface area contributed by atoms with Crippen LogP contribution in [0.2, 0.25) is 0 Å². The molecule has 0 radical (unpaired) electrons. The topological polar surface area (TPSA) is 76.8 Å². The highest BCUT2D eigenvalue weighted by atomic mass is 79.9. The van der Waals surface area contributed by atoms with Gasteiger partial charge in [-0.25, -0.2) is 0 Å². The number of nitrogens with zero attached hydrogens (tertiary/aromatic N) is 2. The summed E-state index contributed by atoms with van der Waals surface area (Å²) in [6.45, 7) is -2.97. The number of hydrogen-bond acceptors (Lipinski definition) is 5. The number of hydrazone groups is 1. The maximum Gasteiger partial charge on any atom is 0.387 e. The van der Waals surface area contributed by atoms with Crippen molar-refractivity contribution in [2.45, 2.75) is 6.61 Å². The van der Waals surface area contributed by atoms with E-state index in [1.165, 1.54) is 36.5 Å². The quantitative estimate of drug-likeness (QED) is 0.454. The molecule has 0 aliphatic rings. The van der Waals surface area contributed by atoms with Gasteiger partial charge in [-0.05, 0) is 24.3 Å². The van der Waals surface area contributed by atoms with Crippen molar-refractivity contribution in [3.05, 3.63) is 62.6 Å². The summed E-state index contributed by atoms with van der Waals surface area (Å²) < 4.78 is 29.8. The molecule has 0 aliphatic heterocycles. The van der Waals surface area contributed by atoms with Gasteiger partial charge >= 0.3 is 6.61 Å². The lowest BCUT2D eigenvalue weighted by Gasteiger charge is -2.08. The van der Waals surface area contributed by atoms with Gasteiger partial charge in [0.05, 0.1) is 11.1 Å². The fourth-order valence-electron chi connectivity index (χ4n) is 1.72. The molecule has 0 atom stereocenters. The number of hydrogen-bond donors (Lipinski definition) is 1. The number of para-hydroxylation sites is 2. The van der Waals surface area contributed by atoms with Crippen LogP contribution in [-0.4, -0.2) is 17.7 Å². The molecule has 2 aromatic carbocycles. The van der Waals surface area contributed by atoms with E-state index in [1.807, 2.05) is 0 Å². The second-order valence-corrected chi connectivity index (χ2v) is 5.12.